The van der Waals surface area contributed by atoms with Crippen molar-refractivity contribution in [2.75, 3.05) is 12.4 Å². The average Bonchev–Trinajstić information content (AvgIpc) is 2.51. The van der Waals surface area contributed by atoms with Crippen LogP contribution in [0.1, 0.15) is 37.9 Å². The number of hydrogen-bond acceptors (Lipinski definition) is 2. The van der Waals surface area contributed by atoms with E-state index in [1.807, 2.05) is 0 Å². The lowest BCUT2D eigenvalue weighted by molar-refractivity contribution is -0.139. The monoisotopic (exact) mass is 388 g/mol. The number of nitrogens with one attached hydrogen (secondary N) is 1. The van der Waals surface area contributed by atoms with Crippen molar-refractivity contribution < 1.29 is 22.8 Å². The lowest BCUT2D eigenvalue weighted by Gasteiger charge is -2.32. The van der Waals surface area contributed by atoms with Gasteiger partial charge in [-0.05, 0) is 38.5 Å². The van der Waals surface area contributed by atoms with Gasteiger partial charge in [0.1, 0.15) is 11.9 Å². The number of carbonyl (C=O) groups excluding carboxylic acids is 2. The van der Waals surface area contributed by atoms with Crippen LogP contribution in [0.2, 0.25) is 0 Å². The maximum atomic E-state index is 12.8. The zero-order chi connectivity index (χ0) is 20.1. The average molecular weight is 389 g/mol. The van der Waals surface area contributed by atoms with Crippen LogP contribution in [0.3, 0.4) is 0 Å². The maximum absolute atomic E-state index is 12.8. The van der Waals surface area contributed by atoms with Crippen molar-refractivity contribution in [3.63, 3.8) is 0 Å². The molecule has 1 aromatic carbocycles. The Labute approximate surface area is 155 Å². The van der Waals surface area contributed by atoms with Gasteiger partial charge in [0, 0.05) is 5.54 Å². The van der Waals surface area contributed by atoms with Gasteiger partial charge in [0.2, 0.25) is 11.8 Å². The van der Waals surface area contributed by atoms with Gasteiger partial charge in [-0.2, -0.15) is 13.2 Å². The topological polar surface area (TPSA) is 49.4 Å². The molecular weight excluding hydrogens is 369 g/mol. The summed E-state index contributed by atoms with van der Waals surface area (Å²) in [5.41, 5.74) is -1.27. The van der Waals surface area contributed by atoms with Crippen LogP contribution in [0.4, 0.5) is 13.2 Å². The summed E-state index contributed by atoms with van der Waals surface area (Å²) in [6, 6.07) is 2.82. The molecule has 8 heteroatoms. The highest BCUT2D eigenvalue weighted by atomic mass is 35.5. The molecule has 0 saturated heterocycles. The molecule has 0 heterocycles. The molecule has 0 aromatic heterocycles. The molecule has 0 aliphatic carbocycles. The van der Waals surface area contributed by atoms with Gasteiger partial charge in [-0.25, -0.2) is 0 Å². The number of benzene rings is 1. The molecule has 0 spiro atoms. The molecular formula is C18H20ClF3N2O2. The molecule has 2 amide bonds. The second-order valence-electron chi connectivity index (χ2n) is 6.62. The van der Waals surface area contributed by atoms with Crippen LogP contribution in [0, 0.1) is 12.3 Å². The molecule has 0 saturated carbocycles. The van der Waals surface area contributed by atoms with Gasteiger partial charge in [-0.1, -0.05) is 18.1 Å². The Hall–Kier alpha value is -2.20. The Kier molecular flexibility index (Phi) is 7.10. The van der Waals surface area contributed by atoms with Crippen molar-refractivity contribution in [1.82, 2.24) is 10.2 Å². The summed E-state index contributed by atoms with van der Waals surface area (Å²) in [7, 11) is 0. The minimum absolute atomic E-state index is 0.202. The van der Waals surface area contributed by atoms with E-state index in [1.54, 1.807) is 20.8 Å². The van der Waals surface area contributed by atoms with Crippen molar-refractivity contribution >= 4 is 23.4 Å². The number of nitrogens with zero attached hydrogens (tertiary/aromatic N) is 1. The lowest BCUT2D eigenvalue weighted by atomic mass is 10.00. The first-order valence-electron chi connectivity index (χ1n) is 7.68. The van der Waals surface area contributed by atoms with Crippen LogP contribution in [0.25, 0.3) is 0 Å². The van der Waals surface area contributed by atoms with Gasteiger partial charge in [0.15, 0.2) is 0 Å². The number of hydrogen-bond donors (Lipinski definition) is 1. The first kappa shape index (κ1) is 21.8. The maximum Gasteiger partial charge on any atom is 0.416 e. The number of alkyl halides is 4. The van der Waals surface area contributed by atoms with Crippen molar-refractivity contribution in [1.29, 1.82) is 0 Å². The van der Waals surface area contributed by atoms with Crippen LogP contribution in [-0.2, 0) is 15.8 Å². The van der Waals surface area contributed by atoms with Gasteiger partial charge < -0.3 is 10.2 Å². The zero-order valence-electron chi connectivity index (χ0n) is 14.7. The molecule has 0 aliphatic heterocycles. The van der Waals surface area contributed by atoms with Crippen LogP contribution < -0.4 is 5.32 Å². The van der Waals surface area contributed by atoms with E-state index >= 15 is 0 Å². The van der Waals surface area contributed by atoms with E-state index in [-0.39, 0.29) is 12.1 Å². The zero-order valence-corrected chi connectivity index (χ0v) is 15.4. The van der Waals surface area contributed by atoms with Crippen LogP contribution in [-0.4, -0.2) is 34.7 Å². The number of amides is 2. The third-order valence-electron chi connectivity index (χ3n) is 3.31. The summed E-state index contributed by atoms with van der Waals surface area (Å²) in [5, 5.41) is 2.71. The Balaban J connectivity index is 3.37. The second-order valence-corrected chi connectivity index (χ2v) is 6.89. The molecule has 0 aliphatic rings. The third kappa shape index (κ3) is 5.95. The van der Waals surface area contributed by atoms with Gasteiger partial charge in [0.05, 0.1) is 12.1 Å². The standard InChI is InChI=1S/C18H20ClF3N2O2/c1-5-10-24(14(25)11-19)15(16(26)23-17(2,3)4)12-6-8-13(9-7-12)18(20,21)22/h1,6-9,15H,10-11H2,2-4H3,(H,23,26). The SMILES string of the molecule is C#CCN(C(=O)CCl)C(C(=O)NC(C)(C)C)c1ccc(C(F)(F)F)cc1. The van der Waals surface area contributed by atoms with E-state index in [2.05, 4.69) is 11.2 Å². The molecule has 4 nitrogen and oxygen atoms in total. The Morgan fingerprint density at radius 3 is 2.15 bits per heavy atom. The predicted molar refractivity (Wildman–Crippen MR) is 93.3 cm³/mol. The molecule has 26 heavy (non-hydrogen) atoms. The van der Waals surface area contributed by atoms with Gasteiger partial charge in [0.25, 0.3) is 0 Å². The Bertz CT molecular complexity index is 688. The van der Waals surface area contributed by atoms with Gasteiger partial charge in [-0.3, -0.25) is 9.59 Å². The van der Waals surface area contributed by atoms with Gasteiger partial charge in [-0.15, -0.1) is 18.0 Å². The molecule has 0 radical (unpaired) electrons. The van der Waals surface area contributed by atoms with E-state index in [9.17, 15) is 22.8 Å². The van der Waals surface area contributed by atoms with E-state index in [0.29, 0.717) is 0 Å². The Morgan fingerprint density at radius 1 is 1.23 bits per heavy atom. The highest BCUT2D eigenvalue weighted by Crippen LogP contribution is 2.31. The summed E-state index contributed by atoms with van der Waals surface area (Å²) in [6.07, 6.45) is 0.771. The van der Waals surface area contributed by atoms with E-state index in [0.717, 1.165) is 29.2 Å². The molecule has 1 aromatic rings. The smallest absolute Gasteiger partial charge is 0.349 e. The largest absolute Gasteiger partial charge is 0.416 e. The fourth-order valence-corrected chi connectivity index (χ4v) is 2.42. The third-order valence-corrected chi connectivity index (χ3v) is 3.54. The minimum Gasteiger partial charge on any atom is -0.349 e. The quantitative estimate of drug-likeness (QED) is 0.621. The highest BCUT2D eigenvalue weighted by Gasteiger charge is 2.34. The molecule has 1 rings (SSSR count). The summed E-state index contributed by atoms with van der Waals surface area (Å²) >= 11 is 5.60. The molecule has 0 fully saturated rings. The molecule has 142 valence electrons. The number of terminal acetylenes is 1. The first-order chi connectivity index (χ1) is 11.9. The number of carbonyl (C=O) groups is 2. The molecule has 0 bridgehead atoms. The van der Waals surface area contributed by atoms with E-state index in [4.69, 9.17) is 18.0 Å². The molecule has 1 atom stereocenters. The van der Waals surface area contributed by atoms with E-state index in [1.165, 1.54) is 0 Å². The summed E-state index contributed by atoms with van der Waals surface area (Å²) in [5.74, 6) is 0.696. The van der Waals surface area contributed by atoms with Crippen molar-refractivity contribution in [3.05, 3.63) is 35.4 Å². The highest BCUT2D eigenvalue weighted by molar-refractivity contribution is 6.27. The second kappa shape index (κ2) is 8.45. The van der Waals surface area contributed by atoms with Crippen LogP contribution in [0.15, 0.2) is 24.3 Å². The van der Waals surface area contributed by atoms with Crippen molar-refractivity contribution in [2.24, 2.45) is 0 Å². The lowest BCUT2D eigenvalue weighted by Crippen LogP contribution is -2.49. The van der Waals surface area contributed by atoms with Gasteiger partial charge >= 0.3 is 6.18 Å². The minimum atomic E-state index is -4.51. The fourth-order valence-electron chi connectivity index (χ4n) is 2.26. The number of rotatable bonds is 5. The summed E-state index contributed by atoms with van der Waals surface area (Å²) in [4.78, 5) is 26.0. The van der Waals surface area contributed by atoms with Crippen molar-refractivity contribution in [3.8, 4) is 12.3 Å². The first-order valence-corrected chi connectivity index (χ1v) is 8.22. The molecule has 1 unspecified atom stereocenters. The molecule has 1 N–H and O–H groups in total. The number of halogens is 4. The van der Waals surface area contributed by atoms with Crippen molar-refractivity contribution in [2.45, 2.75) is 38.5 Å². The predicted octanol–water partition coefficient (Wildman–Crippen LogP) is 3.36. The summed E-state index contributed by atoms with van der Waals surface area (Å²) in [6.45, 7) is 5.01. The normalized spacial score (nSPS) is 12.8. The van der Waals surface area contributed by atoms with Crippen LogP contribution >= 0.6 is 11.6 Å². The fraction of sp³-hybridized carbons (Fsp3) is 0.444. The van der Waals surface area contributed by atoms with Crippen LogP contribution in [0.5, 0.6) is 0 Å². The Morgan fingerprint density at radius 2 is 1.77 bits per heavy atom. The summed E-state index contributed by atoms with van der Waals surface area (Å²) < 4.78 is 38.3. The van der Waals surface area contributed by atoms with E-state index < -0.39 is 41.0 Å².